The molecule has 2 aliphatic rings. The van der Waals surface area contributed by atoms with E-state index in [9.17, 15) is 18.0 Å². The Balaban J connectivity index is 1.41. The molecule has 1 saturated heterocycles. The smallest absolute Gasteiger partial charge is 0.243 e. The molecule has 8 nitrogen and oxygen atoms in total. The normalized spacial score (nSPS) is 17.5. The van der Waals surface area contributed by atoms with Gasteiger partial charge in [0, 0.05) is 31.1 Å². The Labute approximate surface area is 194 Å². The molecule has 2 aromatic carbocycles. The molecule has 0 unspecified atom stereocenters. The summed E-state index contributed by atoms with van der Waals surface area (Å²) in [5.74, 6) is 0.176. The van der Waals surface area contributed by atoms with E-state index in [4.69, 9.17) is 4.74 Å². The molecule has 2 N–H and O–H groups in total. The molecular weight excluding hydrogens is 442 g/mol. The van der Waals surface area contributed by atoms with E-state index in [-0.39, 0.29) is 35.7 Å². The zero-order valence-corrected chi connectivity index (χ0v) is 19.5. The molecule has 2 aliphatic heterocycles. The molecule has 176 valence electrons. The molecule has 2 heterocycles. The fourth-order valence-corrected chi connectivity index (χ4v) is 5.83. The Bertz CT molecular complexity index is 1140. The van der Waals surface area contributed by atoms with Crippen LogP contribution in [-0.4, -0.2) is 44.2 Å². The highest BCUT2D eigenvalue weighted by Gasteiger charge is 2.33. The number of fused-ring (bicyclic) bond motifs is 1. The van der Waals surface area contributed by atoms with Gasteiger partial charge in [0.05, 0.1) is 17.2 Å². The number of carbonyl (C=O) groups excluding carboxylic acids is 2. The van der Waals surface area contributed by atoms with Crippen molar-refractivity contribution >= 4 is 33.2 Å². The summed E-state index contributed by atoms with van der Waals surface area (Å²) in [6, 6.07) is 12.2. The number of sulfonamides is 1. The fraction of sp³-hybridized carbons (Fsp3) is 0.417. The molecule has 0 bridgehead atoms. The molecule has 0 spiro atoms. The summed E-state index contributed by atoms with van der Waals surface area (Å²) in [6.45, 7) is 2.94. The number of para-hydroxylation sites is 2. The standard InChI is InChI=1S/C24H29N3O5S/c1-2-32-22-8-4-3-7-21(22)26-24(29)17-12-14-27(15-13-17)33(30,31)19-10-11-20-18(16-19)6-5-9-23(28)25-20/h3-4,7-8,10-11,16-17H,2,5-6,9,12-15H2,1H3,(H,25,28)(H,26,29). The molecule has 1 fully saturated rings. The third kappa shape index (κ3) is 5.20. The quantitative estimate of drug-likeness (QED) is 0.672. The highest BCUT2D eigenvalue weighted by Crippen LogP contribution is 2.30. The number of nitrogens with zero attached hydrogens (tertiary/aromatic N) is 1. The molecule has 33 heavy (non-hydrogen) atoms. The zero-order chi connectivity index (χ0) is 23.4. The lowest BCUT2D eigenvalue weighted by atomic mass is 9.97. The number of amides is 2. The number of hydrogen-bond acceptors (Lipinski definition) is 5. The maximum atomic E-state index is 13.2. The second-order valence-corrected chi connectivity index (χ2v) is 10.3. The molecule has 0 atom stereocenters. The van der Waals surface area contributed by atoms with Crippen LogP contribution in [0.25, 0.3) is 0 Å². The predicted octanol–water partition coefficient (Wildman–Crippen LogP) is 3.40. The van der Waals surface area contributed by atoms with Gasteiger partial charge in [-0.05, 0) is 68.5 Å². The maximum Gasteiger partial charge on any atom is 0.243 e. The number of aryl methyl sites for hydroxylation is 1. The summed E-state index contributed by atoms with van der Waals surface area (Å²) in [6.07, 6.45) is 2.67. The first kappa shape index (κ1) is 23.3. The SMILES string of the molecule is CCOc1ccccc1NC(=O)C1CCN(S(=O)(=O)c2ccc3c(c2)CCCC(=O)N3)CC1. The van der Waals surface area contributed by atoms with Crippen LogP contribution in [0, 0.1) is 5.92 Å². The van der Waals surface area contributed by atoms with Gasteiger partial charge in [0.15, 0.2) is 0 Å². The van der Waals surface area contributed by atoms with Gasteiger partial charge in [-0.15, -0.1) is 0 Å². The van der Waals surface area contributed by atoms with Gasteiger partial charge in [0.1, 0.15) is 5.75 Å². The van der Waals surface area contributed by atoms with Crippen molar-refractivity contribution < 1.29 is 22.7 Å². The van der Waals surface area contributed by atoms with Crippen molar-refractivity contribution in [2.45, 2.75) is 43.9 Å². The first-order valence-corrected chi connectivity index (χ1v) is 12.8. The van der Waals surface area contributed by atoms with Crippen molar-refractivity contribution in [2.75, 3.05) is 30.3 Å². The minimum absolute atomic E-state index is 0.0476. The van der Waals surface area contributed by atoms with Gasteiger partial charge in [0.25, 0.3) is 0 Å². The summed E-state index contributed by atoms with van der Waals surface area (Å²) in [7, 11) is -3.67. The van der Waals surface area contributed by atoms with Gasteiger partial charge in [-0.25, -0.2) is 8.42 Å². The highest BCUT2D eigenvalue weighted by atomic mass is 32.2. The van der Waals surface area contributed by atoms with E-state index in [1.54, 1.807) is 30.3 Å². The van der Waals surface area contributed by atoms with E-state index in [1.165, 1.54) is 4.31 Å². The lowest BCUT2D eigenvalue weighted by Crippen LogP contribution is -2.41. The van der Waals surface area contributed by atoms with Gasteiger partial charge < -0.3 is 15.4 Å². The third-order valence-electron chi connectivity index (χ3n) is 6.11. The van der Waals surface area contributed by atoms with Crippen molar-refractivity contribution in [3.63, 3.8) is 0 Å². The zero-order valence-electron chi connectivity index (χ0n) is 18.7. The highest BCUT2D eigenvalue weighted by molar-refractivity contribution is 7.89. The maximum absolute atomic E-state index is 13.2. The van der Waals surface area contributed by atoms with Crippen LogP contribution >= 0.6 is 0 Å². The van der Waals surface area contributed by atoms with Gasteiger partial charge in [0.2, 0.25) is 21.8 Å². The average molecular weight is 472 g/mol. The molecule has 4 rings (SSSR count). The molecule has 2 amide bonds. The number of piperidine rings is 1. The third-order valence-corrected chi connectivity index (χ3v) is 8.00. The molecule has 0 saturated carbocycles. The summed E-state index contributed by atoms with van der Waals surface area (Å²) in [5.41, 5.74) is 2.14. The fourth-order valence-electron chi connectivity index (χ4n) is 4.30. The minimum Gasteiger partial charge on any atom is -0.492 e. The number of anilines is 2. The monoisotopic (exact) mass is 471 g/mol. The topological polar surface area (TPSA) is 105 Å². The first-order valence-electron chi connectivity index (χ1n) is 11.3. The summed E-state index contributed by atoms with van der Waals surface area (Å²) < 4.78 is 33.5. The van der Waals surface area contributed by atoms with E-state index in [0.717, 1.165) is 5.56 Å². The second kappa shape index (κ2) is 9.93. The van der Waals surface area contributed by atoms with Crippen molar-refractivity contribution in [3.05, 3.63) is 48.0 Å². The largest absolute Gasteiger partial charge is 0.492 e. The molecule has 9 heteroatoms. The second-order valence-electron chi connectivity index (χ2n) is 8.32. The van der Waals surface area contributed by atoms with Crippen LogP contribution in [0.5, 0.6) is 5.75 Å². The van der Waals surface area contributed by atoms with Gasteiger partial charge >= 0.3 is 0 Å². The van der Waals surface area contributed by atoms with E-state index >= 15 is 0 Å². The van der Waals surface area contributed by atoms with Crippen molar-refractivity contribution in [1.29, 1.82) is 0 Å². The lowest BCUT2D eigenvalue weighted by Gasteiger charge is -2.30. The Morgan fingerprint density at radius 2 is 1.91 bits per heavy atom. The molecule has 2 aromatic rings. The Morgan fingerprint density at radius 1 is 1.15 bits per heavy atom. The number of ether oxygens (including phenoxy) is 1. The van der Waals surface area contributed by atoms with Crippen LogP contribution in [-0.2, 0) is 26.0 Å². The number of carbonyl (C=O) groups is 2. The van der Waals surface area contributed by atoms with Gasteiger partial charge in [-0.3, -0.25) is 9.59 Å². The van der Waals surface area contributed by atoms with E-state index in [2.05, 4.69) is 10.6 Å². The lowest BCUT2D eigenvalue weighted by molar-refractivity contribution is -0.121. The molecule has 0 aromatic heterocycles. The summed E-state index contributed by atoms with van der Waals surface area (Å²) >= 11 is 0. The average Bonchev–Trinajstić information content (AvgIpc) is 3.00. The van der Waals surface area contributed by atoms with Crippen molar-refractivity contribution in [3.8, 4) is 5.75 Å². The van der Waals surface area contributed by atoms with Crippen LogP contribution < -0.4 is 15.4 Å². The Morgan fingerprint density at radius 3 is 2.67 bits per heavy atom. The van der Waals surface area contributed by atoms with Crippen LogP contribution in [0.2, 0.25) is 0 Å². The Hall–Kier alpha value is -2.91. The van der Waals surface area contributed by atoms with E-state index in [0.29, 0.717) is 55.8 Å². The first-order chi connectivity index (χ1) is 15.9. The van der Waals surface area contributed by atoms with Crippen LogP contribution in [0.4, 0.5) is 11.4 Å². The summed E-state index contributed by atoms with van der Waals surface area (Å²) in [5, 5.41) is 5.76. The van der Waals surface area contributed by atoms with E-state index in [1.807, 2.05) is 19.1 Å². The van der Waals surface area contributed by atoms with Crippen LogP contribution in [0.1, 0.15) is 38.2 Å². The minimum atomic E-state index is -3.67. The van der Waals surface area contributed by atoms with Crippen LogP contribution in [0.3, 0.4) is 0 Å². The predicted molar refractivity (Wildman–Crippen MR) is 126 cm³/mol. The molecular formula is C24H29N3O5S. The van der Waals surface area contributed by atoms with Gasteiger partial charge in [-0.2, -0.15) is 4.31 Å². The number of rotatable bonds is 6. The van der Waals surface area contributed by atoms with Crippen molar-refractivity contribution in [2.24, 2.45) is 5.92 Å². The number of nitrogens with one attached hydrogen (secondary N) is 2. The van der Waals surface area contributed by atoms with Crippen molar-refractivity contribution in [1.82, 2.24) is 4.31 Å². The number of hydrogen-bond donors (Lipinski definition) is 2. The van der Waals surface area contributed by atoms with Gasteiger partial charge in [-0.1, -0.05) is 12.1 Å². The summed E-state index contributed by atoms with van der Waals surface area (Å²) in [4.78, 5) is 24.8. The molecule has 0 radical (unpaired) electrons. The number of benzene rings is 2. The van der Waals surface area contributed by atoms with E-state index < -0.39 is 10.0 Å². The van der Waals surface area contributed by atoms with Crippen LogP contribution in [0.15, 0.2) is 47.4 Å². The molecule has 0 aliphatic carbocycles. The Kier molecular flexibility index (Phi) is 6.99.